The van der Waals surface area contributed by atoms with Gasteiger partial charge in [-0.3, -0.25) is 5.10 Å². The predicted molar refractivity (Wildman–Crippen MR) is 103 cm³/mol. The molecular formula is C18H18N6S. The highest BCUT2D eigenvalue weighted by Gasteiger charge is 2.17. The number of hydrogen-bond donors (Lipinski definition) is 3. The van der Waals surface area contributed by atoms with Gasteiger partial charge in [0.1, 0.15) is 0 Å². The molecule has 1 aromatic carbocycles. The summed E-state index contributed by atoms with van der Waals surface area (Å²) < 4.78 is 1.07. The third-order valence-electron chi connectivity index (χ3n) is 4.69. The van der Waals surface area contributed by atoms with E-state index in [9.17, 15) is 0 Å². The zero-order valence-corrected chi connectivity index (χ0v) is 14.4. The summed E-state index contributed by atoms with van der Waals surface area (Å²) in [5.74, 6) is 1.56. The van der Waals surface area contributed by atoms with Gasteiger partial charge in [0.25, 0.3) is 0 Å². The van der Waals surface area contributed by atoms with Crippen LogP contribution in [0.1, 0.15) is 25.7 Å². The molecule has 0 unspecified atom stereocenters. The molecule has 0 bridgehead atoms. The molecule has 7 heteroatoms. The van der Waals surface area contributed by atoms with E-state index >= 15 is 0 Å². The van der Waals surface area contributed by atoms with E-state index in [1.54, 1.807) is 11.3 Å². The normalized spacial score (nSPS) is 15.2. The van der Waals surface area contributed by atoms with Crippen molar-refractivity contribution in [3.8, 4) is 0 Å². The molecule has 1 fully saturated rings. The van der Waals surface area contributed by atoms with Crippen LogP contribution in [0.3, 0.4) is 0 Å². The van der Waals surface area contributed by atoms with Crippen molar-refractivity contribution < 1.29 is 0 Å². The molecule has 3 N–H and O–H groups in total. The van der Waals surface area contributed by atoms with E-state index in [1.807, 2.05) is 24.4 Å². The standard InChI is InChI=1S/C18H18N6S/c1-2-4-12(3-1)21-18-22-15-7-8-25-16(15)17(23-18)20-13-5-6-14-11(9-13)10-19-24-14/h5-10,12H,1-4H2,(H,19,24)(H2,20,21,22,23). The number of anilines is 3. The van der Waals surface area contributed by atoms with Crippen LogP contribution in [0, 0.1) is 0 Å². The van der Waals surface area contributed by atoms with E-state index in [4.69, 9.17) is 4.98 Å². The van der Waals surface area contributed by atoms with E-state index in [1.165, 1.54) is 25.7 Å². The third-order valence-corrected chi connectivity index (χ3v) is 5.61. The van der Waals surface area contributed by atoms with Crippen LogP contribution in [0.5, 0.6) is 0 Å². The van der Waals surface area contributed by atoms with Crippen molar-refractivity contribution in [2.45, 2.75) is 31.7 Å². The van der Waals surface area contributed by atoms with E-state index in [0.29, 0.717) is 12.0 Å². The highest BCUT2D eigenvalue weighted by molar-refractivity contribution is 7.17. The number of nitrogens with one attached hydrogen (secondary N) is 3. The molecule has 5 rings (SSSR count). The van der Waals surface area contributed by atoms with Crippen LogP contribution in [-0.4, -0.2) is 26.2 Å². The van der Waals surface area contributed by atoms with Crippen LogP contribution >= 0.6 is 11.3 Å². The fourth-order valence-electron chi connectivity index (χ4n) is 3.42. The Labute approximate surface area is 148 Å². The second kappa shape index (κ2) is 6.00. The van der Waals surface area contributed by atoms with Crippen LogP contribution in [0.4, 0.5) is 17.5 Å². The van der Waals surface area contributed by atoms with Crippen molar-refractivity contribution in [1.29, 1.82) is 0 Å². The van der Waals surface area contributed by atoms with Crippen LogP contribution in [0.15, 0.2) is 35.8 Å². The number of H-pyrrole nitrogens is 1. The first-order valence-electron chi connectivity index (χ1n) is 8.57. The van der Waals surface area contributed by atoms with Crippen molar-refractivity contribution in [3.63, 3.8) is 0 Å². The molecule has 1 aliphatic rings. The molecule has 6 nitrogen and oxygen atoms in total. The van der Waals surface area contributed by atoms with Gasteiger partial charge in [-0.1, -0.05) is 12.8 Å². The summed E-state index contributed by atoms with van der Waals surface area (Å²) >= 11 is 1.66. The fraction of sp³-hybridized carbons (Fsp3) is 0.278. The van der Waals surface area contributed by atoms with Gasteiger partial charge in [-0.25, -0.2) is 4.98 Å². The van der Waals surface area contributed by atoms with Gasteiger partial charge >= 0.3 is 0 Å². The number of aromatic nitrogens is 4. The Morgan fingerprint density at radius 3 is 2.96 bits per heavy atom. The Balaban J connectivity index is 1.50. The van der Waals surface area contributed by atoms with Crippen LogP contribution in [0.25, 0.3) is 21.1 Å². The molecule has 0 aliphatic heterocycles. The van der Waals surface area contributed by atoms with Gasteiger partial charge in [0.05, 0.1) is 21.9 Å². The molecule has 126 valence electrons. The van der Waals surface area contributed by atoms with Crippen LogP contribution < -0.4 is 10.6 Å². The third kappa shape index (κ3) is 2.80. The van der Waals surface area contributed by atoms with E-state index in [0.717, 1.165) is 32.6 Å². The lowest BCUT2D eigenvalue weighted by Gasteiger charge is -2.14. The predicted octanol–water partition coefficient (Wildman–Crippen LogP) is 4.67. The van der Waals surface area contributed by atoms with Gasteiger partial charge in [-0.15, -0.1) is 11.3 Å². The second-order valence-electron chi connectivity index (χ2n) is 6.45. The first-order chi connectivity index (χ1) is 12.3. The molecule has 1 saturated carbocycles. The Hall–Kier alpha value is -2.67. The lowest BCUT2D eigenvalue weighted by Crippen LogP contribution is -2.17. The maximum atomic E-state index is 4.75. The summed E-state index contributed by atoms with van der Waals surface area (Å²) in [5, 5.41) is 17.1. The number of nitrogens with zero attached hydrogens (tertiary/aromatic N) is 3. The minimum Gasteiger partial charge on any atom is -0.351 e. The van der Waals surface area contributed by atoms with Gasteiger partial charge in [0.2, 0.25) is 5.95 Å². The quantitative estimate of drug-likeness (QED) is 0.499. The van der Waals surface area contributed by atoms with Crippen molar-refractivity contribution in [2.24, 2.45) is 0 Å². The highest BCUT2D eigenvalue weighted by Crippen LogP contribution is 2.31. The summed E-state index contributed by atoms with van der Waals surface area (Å²) in [6.45, 7) is 0. The van der Waals surface area contributed by atoms with E-state index in [2.05, 4.69) is 37.3 Å². The molecule has 0 saturated heterocycles. The van der Waals surface area contributed by atoms with Gasteiger partial charge in [0.15, 0.2) is 5.82 Å². The van der Waals surface area contributed by atoms with Crippen molar-refractivity contribution in [3.05, 3.63) is 35.8 Å². The molecule has 0 atom stereocenters. The van der Waals surface area contributed by atoms with Crippen LogP contribution in [0.2, 0.25) is 0 Å². The molecule has 3 aromatic heterocycles. The summed E-state index contributed by atoms with van der Waals surface area (Å²) in [7, 11) is 0. The lowest BCUT2D eigenvalue weighted by molar-refractivity contribution is 0.745. The summed E-state index contributed by atoms with van der Waals surface area (Å²) in [4.78, 5) is 9.43. The van der Waals surface area contributed by atoms with Crippen molar-refractivity contribution in [1.82, 2.24) is 20.2 Å². The Morgan fingerprint density at radius 1 is 1.12 bits per heavy atom. The van der Waals surface area contributed by atoms with Crippen molar-refractivity contribution in [2.75, 3.05) is 10.6 Å². The maximum absolute atomic E-state index is 4.75. The Kier molecular flexibility index (Phi) is 3.52. The van der Waals surface area contributed by atoms with Gasteiger partial charge in [-0.05, 0) is 42.5 Å². The highest BCUT2D eigenvalue weighted by atomic mass is 32.1. The van der Waals surface area contributed by atoms with Gasteiger partial charge in [-0.2, -0.15) is 10.1 Å². The van der Waals surface area contributed by atoms with E-state index in [-0.39, 0.29) is 0 Å². The Morgan fingerprint density at radius 2 is 2.04 bits per heavy atom. The minimum atomic E-state index is 0.492. The first kappa shape index (κ1) is 14.7. The average molecular weight is 350 g/mol. The monoisotopic (exact) mass is 350 g/mol. The number of rotatable bonds is 4. The summed E-state index contributed by atoms with van der Waals surface area (Å²) in [6, 6.07) is 8.67. The smallest absolute Gasteiger partial charge is 0.225 e. The maximum Gasteiger partial charge on any atom is 0.225 e. The van der Waals surface area contributed by atoms with Crippen molar-refractivity contribution >= 4 is 49.9 Å². The molecule has 0 amide bonds. The second-order valence-corrected chi connectivity index (χ2v) is 7.37. The minimum absolute atomic E-state index is 0.492. The van der Waals surface area contributed by atoms with Gasteiger partial charge in [0, 0.05) is 17.1 Å². The molecule has 4 aromatic rings. The fourth-order valence-corrected chi connectivity index (χ4v) is 4.20. The zero-order valence-electron chi connectivity index (χ0n) is 13.6. The topological polar surface area (TPSA) is 78.5 Å². The van der Waals surface area contributed by atoms with Gasteiger partial charge < -0.3 is 10.6 Å². The molecule has 0 radical (unpaired) electrons. The summed E-state index contributed by atoms with van der Waals surface area (Å²) in [6.07, 6.45) is 6.80. The molecule has 0 spiro atoms. The zero-order chi connectivity index (χ0) is 16.6. The lowest BCUT2D eigenvalue weighted by atomic mass is 10.2. The molecule has 1 aliphatic carbocycles. The number of benzene rings is 1. The number of hydrogen-bond acceptors (Lipinski definition) is 6. The number of aromatic amines is 1. The Bertz CT molecular complexity index is 1030. The first-order valence-corrected chi connectivity index (χ1v) is 9.45. The SMILES string of the molecule is c1cc2nc(NC3CCCC3)nc(Nc3ccc4[nH]ncc4c3)c2s1. The number of fused-ring (bicyclic) bond motifs is 2. The largest absolute Gasteiger partial charge is 0.351 e. The van der Waals surface area contributed by atoms with Crippen LogP contribution in [-0.2, 0) is 0 Å². The molecular weight excluding hydrogens is 332 g/mol. The number of thiophene rings is 1. The van der Waals surface area contributed by atoms with E-state index < -0.39 is 0 Å². The average Bonchev–Trinajstić information content (AvgIpc) is 3.35. The summed E-state index contributed by atoms with van der Waals surface area (Å²) in [5.41, 5.74) is 3.00. The molecule has 25 heavy (non-hydrogen) atoms. The molecule has 3 heterocycles.